The lowest BCUT2D eigenvalue weighted by atomic mass is 10.2. The maximum atomic E-state index is 11.7. The van der Waals surface area contributed by atoms with Crippen LogP contribution in [0.2, 0.25) is 0 Å². The second kappa shape index (κ2) is 6.92. The summed E-state index contributed by atoms with van der Waals surface area (Å²) in [6.45, 7) is 2.12. The molecule has 5 heteroatoms. The first-order valence-electron chi connectivity index (χ1n) is 7.23. The number of aromatic nitrogens is 2. The summed E-state index contributed by atoms with van der Waals surface area (Å²) >= 11 is 0. The summed E-state index contributed by atoms with van der Waals surface area (Å²) in [5.74, 6) is 0.490. The number of rotatable bonds is 6. The van der Waals surface area contributed by atoms with Crippen molar-refractivity contribution >= 4 is 17.3 Å². The van der Waals surface area contributed by atoms with Gasteiger partial charge in [0, 0.05) is 37.2 Å². The van der Waals surface area contributed by atoms with E-state index in [4.69, 9.17) is 0 Å². The molecule has 2 aromatic rings. The Morgan fingerprint density at radius 3 is 2.81 bits per heavy atom. The fourth-order valence-electron chi connectivity index (χ4n) is 2.05. The molecule has 21 heavy (non-hydrogen) atoms. The van der Waals surface area contributed by atoms with E-state index in [1.807, 2.05) is 43.3 Å². The second-order valence-electron chi connectivity index (χ2n) is 5.26. The summed E-state index contributed by atoms with van der Waals surface area (Å²) in [6, 6.07) is 9.53. The molecule has 0 saturated carbocycles. The molecule has 0 amide bonds. The van der Waals surface area contributed by atoms with Crippen LogP contribution in [0.5, 0.6) is 0 Å². The first-order valence-corrected chi connectivity index (χ1v) is 7.23. The van der Waals surface area contributed by atoms with Gasteiger partial charge in [0.05, 0.1) is 0 Å². The van der Waals surface area contributed by atoms with Crippen molar-refractivity contribution in [3.05, 3.63) is 46.4 Å². The van der Waals surface area contributed by atoms with E-state index in [2.05, 4.69) is 22.2 Å². The van der Waals surface area contributed by atoms with E-state index in [1.54, 1.807) is 6.07 Å². The van der Waals surface area contributed by atoms with Gasteiger partial charge in [0.2, 0.25) is 5.95 Å². The molecule has 0 spiro atoms. The predicted molar refractivity (Wildman–Crippen MR) is 87.5 cm³/mol. The molecular weight excluding hydrogens is 264 g/mol. The average Bonchev–Trinajstić information content (AvgIpc) is 2.45. The van der Waals surface area contributed by atoms with Crippen molar-refractivity contribution in [2.24, 2.45) is 0 Å². The van der Waals surface area contributed by atoms with Gasteiger partial charge >= 0.3 is 0 Å². The van der Waals surface area contributed by atoms with Gasteiger partial charge < -0.3 is 10.2 Å². The van der Waals surface area contributed by atoms with E-state index in [1.165, 1.54) is 0 Å². The Kier molecular flexibility index (Phi) is 4.98. The first kappa shape index (κ1) is 15.1. The van der Waals surface area contributed by atoms with Crippen LogP contribution in [0, 0.1) is 0 Å². The van der Waals surface area contributed by atoms with Crippen molar-refractivity contribution in [1.82, 2.24) is 9.97 Å². The average molecular weight is 286 g/mol. The molecule has 0 aliphatic heterocycles. The Morgan fingerprint density at radius 1 is 1.29 bits per heavy atom. The number of H-pyrrole nitrogens is 1. The molecule has 1 heterocycles. The SMILES string of the molecule is CCCCc1cc(=O)[nH]c(Nc2cccc(N(C)C)c2)n1. The first-order chi connectivity index (χ1) is 10.1. The Balaban J connectivity index is 2.20. The number of hydrogen-bond acceptors (Lipinski definition) is 4. The molecular formula is C16H22N4O. The van der Waals surface area contributed by atoms with Gasteiger partial charge in [-0.1, -0.05) is 19.4 Å². The number of unbranched alkanes of at least 4 members (excludes halogenated alkanes) is 1. The van der Waals surface area contributed by atoms with Crippen LogP contribution < -0.4 is 15.8 Å². The van der Waals surface area contributed by atoms with Crippen molar-refractivity contribution in [2.75, 3.05) is 24.3 Å². The Labute approximate surface area is 125 Å². The third-order valence-corrected chi connectivity index (χ3v) is 3.21. The highest BCUT2D eigenvalue weighted by molar-refractivity contribution is 5.61. The van der Waals surface area contributed by atoms with Gasteiger partial charge in [-0.15, -0.1) is 0 Å². The zero-order valence-corrected chi connectivity index (χ0v) is 12.8. The fraction of sp³-hybridized carbons (Fsp3) is 0.375. The maximum Gasteiger partial charge on any atom is 0.252 e. The van der Waals surface area contributed by atoms with E-state index in [0.717, 1.165) is 36.3 Å². The molecule has 0 aliphatic rings. The maximum absolute atomic E-state index is 11.7. The highest BCUT2D eigenvalue weighted by Gasteiger charge is 2.03. The van der Waals surface area contributed by atoms with Gasteiger partial charge in [0.15, 0.2) is 0 Å². The lowest BCUT2D eigenvalue weighted by Crippen LogP contribution is -2.12. The molecule has 0 bridgehead atoms. The highest BCUT2D eigenvalue weighted by atomic mass is 16.1. The smallest absolute Gasteiger partial charge is 0.252 e. The van der Waals surface area contributed by atoms with Crippen molar-refractivity contribution < 1.29 is 0 Å². The van der Waals surface area contributed by atoms with E-state index in [9.17, 15) is 4.79 Å². The van der Waals surface area contributed by atoms with Gasteiger partial charge in [-0.2, -0.15) is 0 Å². The molecule has 2 rings (SSSR count). The normalized spacial score (nSPS) is 10.4. The molecule has 2 N–H and O–H groups in total. The molecule has 1 aromatic heterocycles. The standard InChI is InChI=1S/C16H22N4O/c1-4-5-7-13-11-15(21)19-16(18-13)17-12-8-6-9-14(10-12)20(2)3/h6,8-11H,4-5,7H2,1-3H3,(H2,17,18,19,21). The number of nitrogens with zero attached hydrogens (tertiary/aromatic N) is 2. The topological polar surface area (TPSA) is 61.0 Å². The molecule has 0 saturated heterocycles. The van der Waals surface area contributed by atoms with Gasteiger partial charge in [0.25, 0.3) is 5.56 Å². The van der Waals surface area contributed by atoms with Crippen LogP contribution in [0.25, 0.3) is 0 Å². The third-order valence-electron chi connectivity index (χ3n) is 3.21. The van der Waals surface area contributed by atoms with Gasteiger partial charge in [-0.25, -0.2) is 4.98 Å². The minimum absolute atomic E-state index is 0.123. The summed E-state index contributed by atoms with van der Waals surface area (Å²) in [6.07, 6.45) is 2.95. The Morgan fingerprint density at radius 2 is 2.10 bits per heavy atom. The van der Waals surface area contributed by atoms with Crippen molar-refractivity contribution in [3.8, 4) is 0 Å². The zero-order valence-electron chi connectivity index (χ0n) is 12.8. The zero-order chi connectivity index (χ0) is 15.2. The second-order valence-corrected chi connectivity index (χ2v) is 5.26. The molecule has 0 aliphatic carbocycles. The monoisotopic (exact) mass is 286 g/mol. The predicted octanol–water partition coefficient (Wildman–Crippen LogP) is 2.92. The summed E-state index contributed by atoms with van der Waals surface area (Å²) in [4.78, 5) is 20.9. The lowest BCUT2D eigenvalue weighted by Gasteiger charge is -2.14. The van der Waals surface area contributed by atoms with Crippen molar-refractivity contribution in [3.63, 3.8) is 0 Å². The van der Waals surface area contributed by atoms with E-state index in [0.29, 0.717) is 5.95 Å². The molecule has 112 valence electrons. The highest BCUT2D eigenvalue weighted by Crippen LogP contribution is 2.19. The summed E-state index contributed by atoms with van der Waals surface area (Å²) < 4.78 is 0. The molecule has 0 atom stereocenters. The van der Waals surface area contributed by atoms with Crippen LogP contribution in [0.15, 0.2) is 35.1 Å². The summed E-state index contributed by atoms with van der Waals surface area (Å²) in [5.41, 5.74) is 2.69. The van der Waals surface area contributed by atoms with Crippen LogP contribution >= 0.6 is 0 Å². The third kappa shape index (κ3) is 4.34. The number of benzene rings is 1. The number of aromatic amines is 1. The minimum Gasteiger partial charge on any atom is -0.378 e. The van der Waals surface area contributed by atoms with E-state index in [-0.39, 0.29) is 5.56 Å². The minimum atomic E-state index is -0.123. The molecule has 1 aromatic carbocycles. The largest absolute Gasteiger partial charge is 0.378 e. The van der Waals surface area contributed by atoms with E-state index >= 15 is 0 Å². The molecule has 0 fully saturated rings. The molecule has 0 radical (unpaired) electrons. The number of hydrogen-bond donors (Lipinski definition) is 2. The van der Waals surface area contributed by atoms with Crippen molar-refractivity contribution in [1.29, 1.82) is 0 Å². The lowest BCUT2D eigenvalue weighted by molar-refractivity contribution is 0.772. The Bertz CT molecular complexity index is 649. The Hall–Kier alpha value is -2.30. The van der Waals surface area contributed by atoms with Crippen LogP contribution in [-0.4, -0.2) is 24.1 Å². The van der Waals surface area contributed by atoms with Crippen molar-refractivity contribution in [2.45, 2.75) is 26.2 Å². The quantitative estimate of drug-likeness (QED) is 0.857. The van der Waals surface area contributed by atoms with Gasteiger partial charge in [-0.05, 0) is 31.0 Å². The van der Waals surface area contributed by atoms with Crippen LogP contribution in [-0.2, 0) is 6.42 Å². The summed E-state index contributed by atoms with van der Waals surface area (Å²) in [7, 11) is 3.98. The van der Waals surface area contributed by atoms with Gasteiger partial charge in [0.1, 0.15) is 0 Å². The van der Waals surface area contributed by atoms with Crippen LogP contribution in [0.3, 0.4) is 0 Å². The molecule has 5 nitrogen and oxygen atoms in total. The number of nitrogens with one attached hydrogen (secondary N) is 2. The fourth-order valence-corrected chi connectivity index (χ4v) is 2.05. The van der Waals surface area contributed by atoms with Gasteiger partial charge in [-0.3, -0.25) is 9.78 Å². The summed E-state index contributed by atoms with van der Waals surface area (Å²) in [5, 5.41) is 3.16. The van der Waals surface area contributed by atoms with E-state index < -0.39 is 0 Å². The van der Waals surface area contributed by atoms with Crippen LogP contribution in [0.1, 0.15) is 25.5 Å². The number of anilines is 3. The molecule has 0 unspecified atom stereocenters. The van der Waals surface area contributed by atoms with Crippen LogP contribution in [0.4, 0.5) is 17.3 Å². The number of aryl methyl sites for hydroxylation is 1.